The van der Waals surface area contributed by atoms with Crippen molar-refractivity contribution < 1.29 is 14.7 Å². The van der Waals surface area contributed by atoms with E-state index in [1.165, 1.54) is 0 Å². The largest absolute Gasteiger partial charge is 0.465 e. The molecule has 0 atom stereocenters. The fourth-order valence-electron chi connectivity index (χ4n) is 0.444. The van der Waals surface area contributed by atoms with E-state index >= 15 is 0 Å². The molecule has 0 aliphatic rings. The summed E-state index contributed by atoms with van der Waals surface area (Å²) in [5, 5.41) is 9.72. The lowest BCUT2D eigenvalue weighted by Crippen LogP contribution is -2.28. The SMILES string of the molecule is NCCCC(=O)NC(=O)O. The highest BCUT2D eigenvalue weighted by Crippen LogP contribution is 1.84. The van der Waals surface area contributed by atoms with Crippen LogP contribution in [0, 0.1) is 0 Å². The predicted octanol–water partition coefficient (Wildman–Crippen LogP) is -0.480. The van der Waals surface area contributed by atoms with Crippen LogP contribution in [0.3, 0.4) is 0 Å². The third-order valence-electron chi connectivity index (χ3n) is 0.854. The van der Waals surface area contributed by atoms with Crippen molar-refractivity contribution in [2.24, 2.45) is 5.73 Å². The van der Waals surface area contributed by atoms with Gasteiger partial charge in [-0.3, -0.25) is 10.1 Å². The second-order valence-electron chi connectivity index (χ2n) is 1.75. The second-order valence-corrected chi connectivity index (χ2v) is 1.75. The molecule has 0 aliphatic heterocycles. The summed E-state index contributed by atoms with van der Waals surface area (Å²) in [6.45, 7) is 0.396. The Hall–Kier alpha value is -1.10. The Morgan fingerprint density at radius 2 is 2.10 bits per heavy atom. The number of carboxylic acid groups (broad SMARTS) is 1. The molecule has 0 unspecified atom stereocenters. The van der Waals surface area contributed by atoms with Crippen LogP contribution in [0.4, 0.5) is 4.79 Å². The zero-order valence-corrected chi connectivity index (χ0v) is 5.46. The molecule has 10 heavy (non-hydrogen) atoms. The van der Waals surface area contributed by atoms with Crippen LogP contribution in [0.15, 0.2) is 0 Å². The normalized spacial score (nSPS) is 8.90. The summed E-state index contributed by atoms with van der Waals surface area (Å²) in [5.74, 6) is -0.502. The summed E-state index contributed by atoms with van der Waals surface area (Å²) in [6.07, 6.45) is -0.635. The molecule has 0 aromatic carbocycles. The van der Waals surface area contributed by atoms with E-state index in [2.05, 4.69) is 0 Å². The first-order valence-corrected chi connectivity index (χ1v) is 2.89. The van der Waals surface area contributed by atoms with Gasteiger partial charge < -0.3 is 10.8 Å². The molecule has 0 radical (unpaired) electrons. The summed E-state index contributed by atoms with van der Waals surface area (Å²) in [5.41, 5.74) is 5.08. The fraction of sp³-hybridized carbons (Fsp3) is 0.600. The van der Waals surface area contributed by atoms with Crippen molar-refractivity contribution in [3.63, 3.8) is 0 Å². The van der Waals surface area contributed by atoms with Crippen LogP contribution in [0.5, 0.6) is 0 Å². The molecule has 0 saturated heterocycles. The van der Waals surface area contributed by atoms with Crippen molar-refractivity contribution in [1.82, 2.24) is 5.32 Å². The van der Waals surface area contributed by atoms with Gasteiger partial charge in [-0.2, -0.15) is 0 Å². The fourth-order valence-corrected chi connectivity index (χ4v) is 0.444. The minimum atomic E-state index is -1.32. The summed E-state index contributed by atoms with van der Waals surface area (Å²) in [6, 6.07) is 0. The molecule has 0 saturated carbocycles. The van der Waals surface area contributed by atoms with Crippen molar-refractivity contribution in [2.45, 2.75) is 12.8 Å². The number of imide groups is 1. The molecule has 0 fully saturated rings. The standard InChI is InChI=1S/C5H10N2O3/c6-3-1-2-4(8)7-5(9)10/h1-3,6H2,(H,7,8)(H,9,10). The summed E-state index contributed by atoms with van der Waals surface area (Å²) in [7, 11) is 0. The zero-order chi connectivity index (χ0) is 7.98. The monoisotopic (exact) mass is 146 g/mol. The Morgan fingerprint density at radius 3 is 2.50 bits per heavy atom. The van der Waals surface area contributed by atoms with Gasteiger partial charge in [0.25, 0.3) is 0 Å². The lowest BCUT2D eigenvalue weighted by Gasteiger charge is -1.96. The van der Waals surface area contributed by atoms with Gasteiger partial charge in [0.2, 0.25) is 5.91 Å². The highest BCUT2D eigenvalue weighted by molar-refractivity contribution is 5.90. The Balaban J connectivity index is 3.35. The maximum atomic E-state index is 10.5. The first-order valence-electron chi connectivity index (χ1n) is 2.89. The van der Waals surface area contributed by atoms with Crippen LogP contribution in [0.2, 0.25) is 0 Å². The van der Waals surface area contributed by atoms with Crippen molar-refractivity contribution in [3.05, 3.63) is 0 Å². The summed E-state index contributed by atoms with van der Waals surface area (Å²) >= 11 is 0. The third-order valence-corrected chi connectivity index (χ3v) is 0.854. The van der Waals surface area contributed by atoms with Gasteiger partial charge in [-0.25, -0.2) is 4.79 Å². The second kappa shape index (κ2) is 4.75. The Bertz CT molecular complexity index is 135. The lowest BCUT2D eigenvalue weighted by atomic mass is 10.3. The number of carbonyl (C=O) groups is 2. The molecule has 5 heteroatoms. The van der Waals surface area contributed by atoms with Crippen molar-refractivity contribution in [1.29, 1.82) is 0 Å². The minimum Gasteiger partial charge on any atom is -0.465 e. The highest BCUT2D eigenvalue weighted by atomic mass is 16.4. The van der Waals surface area contributed by atoms with E-state index in [-0.39, 0.29) is 6.42 Å². The van der Waals surface area contributed by atoms with E-state index in [0.29, 0.717) is 13.0 Å². The predicted molar refractivity (Wildman–Crippen MR) is 34.5 cm³/mol. The Morgan fingerprint density at radius 1 is 1.50 bits per heavy atom. The van der Waals surface area contributed by atoms with Gasteiger partial charge in [0.1, 0.15) is 0 Å². The summed E-state index contributed by atoms with van der Waals surface area (Å²) in [4.78, 5) is 20.3. The first kappa shape index (κ1) is 8.90. The molecule has 0 aliphatic carbocycles. The molecular weight excluding hydrogens is 136 g/mol. The zero-order valence-electron chi connectivity index (χ0n) is 5.46. The van der Waals surface area contributed by atoms with Gasteiger partial charge in [-0.15, -0.1) is 0 Å². The van der Waals surface area contributed by atoms with E-state index in [1.807, 2.05) is 0 Å². The number of hydrogen-bond acceptors (Lipinski definition) is 3. The van der Waals surface area contributed by atoms with Crippen LogP contribution in [-0.4, -0.2) is 23.7 Å². The van der Waals surface area contributed by atoms with Crippen LogP contribution in [0.25, 0.3) is 0 Å². The van der Waals surface area contributed by atoms with E-state index in [9.17, 15) is 9.59 Å². The molecule has 5 nitrogen and oxygen atoms in total. The van der Waals surface area contributed by atoms with E-state index in [0.717, 1.165) is 0 Å². The topological polar surface area (TPSA) is 92.4 Å². The van der Waals surface area contributed by atoms with Gasteiger partial charge >= 0.3 is 6.09 Å². The van der Waals surface area contributed by atoms with Gasteiger partial charge in [0, 0.05) is 6.42 Å². The number of hydrogen-bond donors (Lipinski definition) is 3. The van der Waals surface area contributed by atoms with Gasteiger partial charge in [0.05, 0.1) is 0 Å². The smallest absolute Gasteiger partial charge is 0.411 e. The highest BCUT2D eigenvalue weighted by Gasteiger charge is 2.02. The van der Waals surface area contributed by atoms with E-state index in [4.69, 9.17) is 10.8 Å². The van der Waals surface area contributed by atoms with Crippen LogP contribution < -0.4 is 11.1 Å². The maximum Gasteiger partial charge on any atom is 0.411 e. The molecule has 0 heterocycles. The van der Waals surface area contributed by atoms with Gasteiger partial charge in [-0.1, -0.05) is 0 Å². The number of carbonyl (C=O) groups excluding carboxylic acids is 1. The Kier molecular flexibility index (Phi) is 4.23. The quantitative estimate of drug-likeness (QED) is 0.501. The molecule has 0 bridgehead atoms. The van der Waals surface area contributed by atoms with Crippen molar-refractivity contribution >= 4 is 12.0 Å². The number of nitrogens with one attached hydrogen (secondary N) is 1. The molecule has 0 aromatic heterocycles. The molecule has 0 spiro atoms. The lowest BCUT2D eigenvalue weighted by molar-refractivity contribution is -0.120. The molecule has 2 amide bonds. The number of nitrogens with two attached hydrogens (primary N) is 1. The average Bonchev–Trinajstić information content (AvgIpc) is 1.82. The molecule has 58 valence electrons. The van der Waals surface area contributed by atoms with Crippen molar-refractivity contribution in [2.75, 3.05) is 6.54 Å². The molecular formula is C5H10N2O3. The number of rotatable bonds is 3. The molecule has 0 rings (SSSR count). The van der Waals surface area contributed by atoms with Crippen LogP contribution in [0.1, 0.15) is 12.8 Å². The van der Waals surface area contributed by atoms with Crippen LogP contribution in [-0.2, 0) is 4.79 Å². The van der Waals surface area contributed by atoms with Gasteiger partial charge in [0.15, 0.2) is 0 Å². The summed E-state index contributed by atoms with van der Waals surface area (Å²) < 4.78 is 0. The minimum absolute atomic E-state index is 0.169. The maximum absolute atomic E-state index is 10.5. The van der Waals surface area contributed by atoms with E-state index in [1.54, 1.807) is 5.32 Å². The van der Waals surface area contributed by atoms with Crippen LogP contribution >= 0.6 is 0 Å². The molecule has 0 aromatic rings. The Labute approximate surface area is 58.2 Å². The third kappa shape index (κ3) is 5.04. The van der Waals surface area contributed by atoms with E-state index < -0.39 is 12.0 Å². The first-order chi connectivity index (χ1) is 4.66. The van der Waals surface area contributed by atoms with Gasteiger partial charge in [-0.05, 0) is 13.0 Å². The number of amides is 2. The average molecular weight is 146 g/mol. The molecule has 4 N–H and O–H groups in total. The van der Waals surface area contributed by atoms with Crippen molar-refractivity contribution in [3.8, 4) is 0 Å².